The summed E-state index contributed by atoms with van der Waals surface area (Å²) in [6, 6.07) is 1.72. The summed E-state index contributed by atoms with van der Waals surface area (Å²) in [5.41, 5.74) is 0.414. The van der Waals surface area contributed by atoms with Crippen molar-refractivity contribution in [3.63, 3.8) is 0 Å². The second-order valence-corrected chi connectivity index (χ2v) is 4.21. The highest BCUT2D eigenvalue weighted by Gasteiger charge is 2.24. The van der Waals surface area contributed by atoms with Crippen molar-refractivity contribution >= 4 is 11.6 Å². The first-order valence-electron chi connectivity index (χ1n) is 4.44. The summed E-state index contributed by atoms with van der Waals surface area (Å²) >= 11 is 5.70. The van der Waals surface area contributed by atoms with E-state index in [0.29, 0.717) is 12.0 Å². The van der Waals surface area contributed by atoms with E-state index in [0.717, 1.165) is 0 Å². The molecule has 0 aliphatic carbocycles. The molecule has 0 atom stereocenters. The molecule has 1 aromatic heterocycles. The molecule has 0 saturated carbocycles. The normalized spacial score (nSPS) is 11.7. The minimum Gasteiger partial charge on any atom is -0.504 e. The topological polar surface area (TPSA) is 53.4 Å². The summed E-state index contributed by atoms with van der Waals surface area (Å²) in [5, 5.41) is 18.7. The van der Waals surface area contributed by atoms with E-state index in [9.17, 15) is 5.11 Å². The van der Waals surface area contributed by atoms with Gasteiger partial charge in [-0.25, -0.2) is 4.98 Å². The molecule has 4 heteroatoms. The van der Waals surface area contributed by atoms with Crippen LogP contribution in [0, 0.1) is 0 Å². The van der Waals surface area contributed by atoms with Crippen LogP contribution < -0.4 is 0 Å². The number of aromatic hydroxyl groups is 1. The summed E-state index contributed by atoms with van der Waals surface area (Å²) in [5.74, 6) is 0.00705. The Labute approximate surface area is 88.4 Å². The maximum absolute atomic E-state index is 9.68. The van der Waals surface area contributed by atoms with Crippen LogP contribution in [0.4, 0.5) is 0 Å². The lowest BCUT2D eigenvalue weighted by molar-refractivity contribution is 0.250. The molecule has 0 radical (unpaired) electrons. The van der Waals surface area contributed by atoms with Gasteiger partial charge in [-0.15, -0.1) is 0 Å². The number of nitrogens with zero attached hydrogens (tertiary/aromatic N) is 1. The number of hydrogen-bond acceptors (Lipinski definition) is 3. The molecule has 0 aromatic carbocycles. The maximum atomic E-state index is 9.68. The Bertz CT molecular complexity index is 326. The minimum absolute atomic E-state index is 0.00705. The quantitative estimate of drug-likeness (QED) is 0.760. The van der Waals surface area contributed by atoms with E-state index in [1.807, 2.05) is 13.8 Å². The average Bonchev–Trinajstić information content (AvgIpc) is 2.09. The van der Waals surface area contributed by atoms with E-state index >= 15 is 0 Å². The zero-order valence-electron chi connectivity index (χ0n) is 8.29. The Kier molecular flexibility index (Phi) is 3.34. The standard InChI is InChI=1S/C10H14ClNO2/c1-10(2,4-6-13)7-3-5-12-9(11)8(7)14/h3,5,13-14H,4,6H2,1-2H3. The molecule has 0 fully saturated rings. The van der Waals surface area contributed by atoms with E-state index in [1.54, 1.807) is 12.3 Å². The molecule has 1 rings (SSSR count). The molecular formula is C10H14ClNO2. The molecule has 0 unspecified atom stereocenters. The summed E-state index contributed by atoms with van der Waals surface area (Å²) in [7, 11) is 0. The molecule has 14 heavy (non-hydrogen) atoms. The average molecular weight is 216 g/mol. The van der Waals surface area contributed by atoms with Gasteiger partial charge in [0.15, 0.2) is 10.9 Å². The van der Waals surface area contributed by atoms with E-state index in [-0.39, 0.29) is 22.9 Å². The van der Waals surface area contributed by atoms with Crippen molar-refractivity contribution in [2.45, 2.75) is 25.7 Å². The first kappa shape index (κ1) is 11.3. The third kappa shape index (κ3) is 2.16. The van der Waals surface area contributed by atoms with Gasteiger partial charge in [-0.2, -0.15) is 0 Å². The number of aliphatic hydroxyl groups excluding tert-OH is 1. The lowest BCUT2D eigenvalue weighted by Crippen LogP contribution is -2.19. The van der Waals surface area contributed by atoms with Crippen LogP contribution in [0.2, 0.25) is 5.15 Å². The van der Waals surface area contributed by atoms with Crippen molar-refractivity contribution in [1.82, 2.24) is 4.98 Å². The van der Waals surface area contributed by atoms with Crippen LogP contribution in [0.5, 0.6) is 5.75 Å². The largest absolute Gasteiger partial charge is 0.504 e. The molecule has 0 saturated heterocycles. The lowest BCUT2D eigenvalue weighted by atomic mass is 9.82. The zero-order chi connectivity index (χ0) is 10.8. The first-order chi connectivity index (χ1) is 6.49. The van der Waals surface area contributed by atoms with Crippen molar-refractivity contribution in [3.8, 4) is 5.75 Å². The first-order valence-corrected chi connectivity index (χ1v) is 4.81. The number of aromatic nitrogens is 1. The zero-order valence-corrected chi connectivity index (χ0v) is 9.04. The SMILES string of the molecule is CC(C)(CCO)c1ccnc(Cl)c1O. The highest BCUT2D eigenvalue weighted by Crippen LogP contribution is 2.36. The molecule has 0 aliphatic rings. The van der Waals surface area contributed by atoms with E-state index in [2.05, 4.69) is 4.98 Å². The molecule has 0 aliphatic heterocycles. The van der Waals surface area contributed by atoms with Crippen molar-refractivity contribution in [2.75, 3.05) is 6.61 Å². The van der Waals surface area contributed by atoms with Gasteiger partial charge in [-0.3, -0.25) is 0 Å². The predicted molar refractivity (Wildman–Crippen MR) is 55.6 cm³/mol. The Morgan fingerprint density at radius 1 is 1.50 bits per heavy atom. The van der Waals surface area contributed by atoms with Gasteiger partial charge >= 0.3 is 0 Å². The van der Waals surface area contributed by atoms with Gasteiger partial charge < -0.3 is 10.2 Å². The van der Waals surface area contributed by atoms with Crippen molar-refractivity contribution < 1.29 is 10.2 Å². The number of pyridine rings is 1. The van der Waals surface area contributed by atoms with Crippen LogP contribution in [0.1, 0.15) is 25.8 Å². The fraction of sp³-hybridized carbons (Fsp3) is 0.500. The van der Waals surface area contributed by atoms with Gasteiger partial charge in [-0.05, 0) is 17.9 Å². The fourth-order valence-corrected chi connectivity index (χ4v) is 1.55. The number of hydrogen-bond donors (Lipinski definition) is 2. The molecule has 1 heterocycles. The maximum Gasteiger partial charge on any atom is 0.171 e. The highest BCUT2D eigenvalue weighted by atomic mass is 35.5. The van der Waals surface area contributed by atoms with Gasteiger partial charge in [0.1, 0.15) is 0 Å². The lowest BCUT2D eigenvalue weighted by Gasteiger charge is -2.25. The van der Waals surface area contributed by atoms with Crippen LogP contribution >= 0.6 is 11.6 Å². The minimum atomic E-state index is -0.300. The number of rotatable bonds is 3. The molecular weight excluding hydrogens is 202 g/mol. The predicted octanol–water partition coefficient (Wildman–Crippen LogP) is 2.10. The Morgan fingerprint density at radius 3 is 2.71 bits per heavy atom. The van der Waals surface area contributed by atoms with Crippen LogP contribution in [-0.4, -0.2) is 21.8 Å². The Balaban J connectivity index is 3.12. The van der Waals surface area contributed by atoms with Crippen LogP contribution in [0.25, 0.3) is 0 Å². The second-order valence-electron chi connectivity index (χ2n) is 3.86. The third-order valence-corrected chi connectivity index (χ3v) is 2.62. The van der Waals surface area contributed by atoms with E-state index in [4.69, 9.17) is 16.7 Å². The molecule has 1 aromatic rings. The molecule has 0 spiro atoms. The van der Waals surface area contributed by atoms with Gasteiger partial charge in [0.25, 0.3) is 0 Å². The molecule has 78 valence electrons. The Morgan fingerprint density at radius 2 is 2.14 bits per heavy atom. The van der Waals surface area contributed by atoms with E-state index < -0.39 is 0 Å². The summed E-state index contributed by atoms with van der Waals surface area (Å²) in [4.78, 5) is 3.77. The molecule has 0 bridgehead atoms. The van der Waals surface area contributed by atoms with Crippen molar-refractivity contribution in [3.05, 3.63) is 23.0 Å². The number of aliphatic hydroxyl groups is 1. The van der Waals surface area contributed by atoms with Gasteiger partial charge in [0, 0.05) is 18.4 Å². The molecule has 2 N–H and O–H groups in total. The summed E-state index contributed by atoms with van der Waals surface area (Å²) in [6.07, 6.45) is 2.12. The third-order valence-electron chi connectivity index (χ3n) is 2.35. The van der Waals surface area contributed by atoms with Crippen molar-refractivity contribution in [2.24, 2.45) is 0 Å². The fourth-order valence-electron chi connectivity index (χ4n) is 1.39. The van der Waals surface area contributed by atoms with E-state index in [1.165, 1.54) is 0 Å². The summed E-state index contributed by atoms with van der Waals surface area (Å²) in [6.45, 7) is 3.95. The molecule has 3 nitrogen and oxygen atoms in total. The van der Waals surface area contributed by atoms with Gasteiger partial charge in [0.2, 0.25) is 0 Å². The van der Waals surface area contributed by atoms with Gasteiger partial charge in [-0.1, -0.05) is 25.4 Å². The summed E-state index contributed by atoms with van der Waals surface area (Å²) < 4.78 is 0. The van der Waals surface area contributed by atoms with Crippen LogP contribution in [0.3, 0.4) is 0 Å². The molecule has 0 amide bonds. The van der Waals surface area contributed by atoms with Crippen LogP contribution in [0.15, 0.2) is 12.3 Å². The van der Waals surface area contributed by atoms with Gasteiger partial charge in [0.05, 0.1) is 0 Å². The van der Waals surface area contributed by atoms with Crippen LogP contribution in [-0.2, 0) is 5.41 Å². The second kappa shape index (κ2) is 4.15. The van der Waals surface area contributed by atoms with Crippen molar-refractivity contribution in [1.29, 1.82) is 0 Å². The Hall–Kier alpha value is -0.800. The smallest absolute Gasteiger partial charge is 0.171 e. The highest BCUT2D eigenvalue weighted by molar-refractivity contribution is 6.30. The number of halogens is 1. The monoisotopic (exact) mass is 215 g/mol.